The number of carbonyl (C=O) groups is 1. The number of rotatable bonds is 5. The molecule has 0 N–H and O–H groups in total. The minimum absolute atomic E-state index is 0.100. The van der Waals surface area contributed by atoms with E-state index >= 15 is 0 Å². The van der Waals surface area contributed by atoms with Gasteiger partial charge in [-0.1, -0.05) is 6.07 Å². The standard InChI is InChI=1S/C21H26N2O6S/c1-15(2)28-21(25)22-10-7-17(8-11-22)29-18-9-12-23(20(24)14-18)16-5-4-6-19(13-16)30(3,26)27/h4-6,9,12-15,17H,7-8,10-11H2,1-3H3. The average molecular weight is 435 g/mol. The van der Waals surface area contributed by atoms with Crippen LogP contribution in [0.4, 0.5) is 4.79 Å². The van der Waals surface area contributed by atoms with Crippen LogP contribution in [0.2, 0.25) is 0 Å². The van der Waals surface area contributed by atoms with Gasteiger partial charge in [-0.25, -0.2) is 13.2 Å². The van der Waals surface area contributed by atoms with E-state index in [-0.39, 0.29) is 28.8 Å². The Morgan fingerprint density at radius 2 is 1.83 bits per heavy atom. The number of sulfone groups is 1. The van der Waals surface area contributed by atoms with Crippen LogP contribution >= 0.6 is 0 Å². The van der Waals surface area contributed by atoms with E-state index in [1.54, 1.807) is 29.3 Å². The van der Waals surface area contributed by atoms with Crippen molar-refractivity contribution in [1.29, 1.82) is 0 Å². The largest absolute Gasteiger partial charge is 0.490 e. The Kier molecular flexibility index (Phi) is 6.50. The van der Waals surface area contributed by atoms with Crippen molar-refractivity contribution in [2.75, 3.05) is 19.3 Å². The molecule has 9 heteroatoms. The molecule has 1 aromatic heterocycles. The van der Waals surface area contributed by atoms with Crippen molar-refractivity contribution in [2.45, 2.75) is 43.8 Å². The lowest BCUT2D eigenvalue weighted by Gasteiger charge is -2.32. The van der Waals surface area contributed by atoms with Crippen molar-refractivity contribution in [3.63, 3.8) is 0 Å². The highest BCUT2D eigenvalue weighted by molar-refractivity contribution is 7.90. The van der Waals surface area contributed by atoms with Crippen LogP contribution in [0, 0.1) is 0 Å². The summed E-state index contributed by atoms with van der Waals surface area (Å²) in [6, 6.07) is 9.28. The Balaban J connectivity index is 1.66. The van der Waals surface area contributed by atoms with E-state index in [4.69, 9.17) is 9.47 Å². The molecule has 1 amide bonds. The van der Waals surface area contributed by atoms with E-state index < -0.39 is 9.84 Å². The van der Waals surface area contributed by atoms with E-state index in [9.17, 15) is 18.0 Å². The molecule has 1 fully saturated rings. The summed E-state index contributed by atoms with van der Waals surface area (Å²) < 4.78 is 36.0. The number of nitrogens with zero attached hydrogens (tertiary/aromatic N) is 2. The maximum absolute atomic E-state index is 12.6. The third-order valence-corrected chi connectivity index (χ3v) is 5.86. The molecule has 0 unspecified atom stereocenters. The fourth-order valence-electron chi connectivity index (χ4n) is 3.24. The topological polar surface area (TPSA) is 94.9 Å². The second kappa shape index (κ2) is 8.91. The lowest BCUT2D eigenvalue weighted by Crippen LogP contribution is -2.42. The van der Waals surface area contributed by atoms with Gasteiger partial charge < -0.3 is 14.4 Å². The first kappa shape index (κ1) is 21.9. The first-order valence-corrected chi connectivity index (χ1v) is 11.7. The zero-order valence-corrected chi connectivity index (χ0v) is 18.1. The number of piperidine rings is 1. The second-order valence-corrected chi connectivity index (χ2v) is 9.59. The van der Waals surface area contributed by atoms with Crippen LogP contribution in [0.5, 0.6) is 5.75 Å². The molecule has 1 aliphatic heterocycles. The number of ether oxygens (including phenoxy) is 2. The molecule has 2 heterocycles. The lowest BCUT2D eigenvalue weighted by atomic mass is 10.1. The van der Waals surface area contributed by atoms with E-state index in [1.165, 1.54) is 22.8 Å². The average Bonchev–Trinajstić information content (AvgIpc) is 2.67. The van der Waals surface area contributed by atoms with Crippen molar-refractivity contribution >= 4 is 15.9 Å². The molecule has 1 aromatic carbocycles. The first-order chi connectivity index (χ1) is 14.1. The predicted octanol–water partition coefficient (Wildman–Crippen LogP) is 2.63. The van der Waals surface area contributed by atoms with Gasteiger partial charge in [0.25, 0.3) is 5.56 Å². The van der Waals surface area contributed by atoms with Crippen molar-refractivity contribution in [2.24, 2.45) is 0 Å². The molecule has 0 spiro atoms. The number of amides is 1. The molecule has 0 aliphatic carbocycles. The molecule has 0 radical (unpaired) electrons. The number of likely N-dealkylation sites (tertiary alicyclic amines) is 1. The summed E-state index contributed by atoms with van der Waals surface area (Å²) in [7, 11) is -3.37. The molecule has 0 atom stereocenters. The molecule has 30 heavy (non-hydrogen) atoms. The fraction of sp³-hybridized carbons (Fsp3) is 0.429. The summed E-state index contributed by atoms with van der Waals surface area (Å²) in [6.45, 7) is 4.69. The third-order valence-electron chi connectivity index (χ3n) is 4.75. The summed E-state index contributed by atoms with van der Waals surface area (Å²) >= 11 is 0. The number of benzene rings is 1. The van der Waals surface area contributed by atoms with E-state index in [2.05, 4.69) is 0 Å². The minimum atomic E-state index is -3.37. The Bertz CT molecular complexity index is 1070. The van der Waals surface area contributed by atoms with Crippen molar-refractivity contribution in [3.8, 4) is 11.4 Å². The Morgan fingerprint density at radius 3 is 2.43 bits per heavy atom. The van der Waals surface area contributed by atoms with Crippen LogP contribution < -0.4 is 10.3 Å². The first-order valence-electron chi connectivity index (χ1n) is 9.79. The number of aromatic nitrogens is 1. The van der Waals surface area contributed by atoms with Gasteiger partial charge >= 0.3 is 6.09 Å². The highest BCUT2D eigenvalue weighted by Crippen LogP contribution is 2.20. The fourth-order valence-corrected chi connectivity index (χ4v) is 3.90. The molecule has 162 valence electrons. The van der Waals surface area contributed by atoms with Gasteiger partial charge in [0.1, 0.15) is 11.9 Å². The molecular weight excluding hydrogens is 408 g/mol. The lowest BCUT2D eigenvalue weighted by molar-refractivity contribution is 0.0516. The molecule has 8 nitrogen and oxygen atoms in total. The Morgan fingerprint density at radius 1 is 1.13 bits per heavy atom. The zero-order valence-electron chi connectivity index (χ0n) is 17.3. The number of pyridine rings is 1. The van der Waals surface area contributed by atoms with Gasteiger partial charge in [-0.3, -0.25) is 9.36 Å². The number of hydrogen-bond acceptors (Lipinski definition) is 6. The van der Waals surface area contributed by atoms with Crippen molar-refractivity contribution < 1.29 is 22.7 Å². The summed E-state index contributed by atoms with van der Waals surface area (Å²) in [6.07, 6.45) is 3.41. The van der Waals surface area contributed by atoms with Crippen LogP contribution in [0.3, 0.4) is 0 Å². The van der Waals surface area contributed by atoms with Crippen LogP contribution in [-0.4, -0.2) is 55.5 Å². The maximum Gasteiger partial charge on any atom is 0.410 e. The van der Waals surface area contributed by atoms with Crippen molar-refractivity contribution in [1.82, 2.24) is 9.47 Å². The molecule has 1 saturated heterocycles. The van der Waals surface area contributed by atoms with Crippen molar-refractivity contribution in [3.05, 3.63) is 52.9 Å². The summed E-state index contributed by atoms with van der Waals surface area (Å²) in [4.78, 5) is 26.3. The highest BCUT2D eigenvalue weighted by Gasteiger charge is 2.25. The Hall–Kier alpha value is -2.81. The summed E-state index contributed by atoms with van der Waals surface area (Å²) in [5, 5.41) is 0. The van der Waals surface area contributed by atoms with E-state index in [1.807, 2.05) is 13.8 Å². The monoisotopic (exact) mass is 434 g/mol. The van der Waals surface area contributed by atoms with Gasteiger partial charge in [0, 0.05) is 50.1 Å². The van der Waals surface area contributed by atoms with Gasteiger partial charge in [0.05, 0.1) is 11.0 Å². The minimum Gasteiger partial charge on any atom is -0.490 e. The normalized spacial score (nSPS) is 15.3. The van der Waals surface area contributed by atoms with Crippen LogP contribution in [0.15, 0.2) is 52.3 Å². The molecule has 0 bridgehead atoms. The van der Waals surface area contributed by atoms with Gasteiger partial charge in [-0.15, -0.1) is 0 Å². The molecule has 0 saturated carbocycles. The molecular formula is C21H26N2O6S. The second-order valence-electron chi connectivity index (χ2n) is 7.58. The zero-order chi connectivity index (χ0) is 21.9. The highest BCUT2D eigenvalue weighted by atomic mass is 32.2. The molecule has 2 aromatic rings. The van der Waals surface area contributed by atoms with E-state index in [0.717, 1.165) is 6.26 Å². The van der Waals surface area contributed by atoms with Gasteiger partial charge in [-0.05, 0) is 38.1 Å². The smallest absolute Gasteiger partial charge is 0.410 e. The quantitative estimate of drug-likeness (QED) is 0.718. The number of hydrogen-bond donors (Lipinski definition) is 0. The van der Waals surface area contributed by atoms with Crippen LogP contribution in [0.1, 0.15) is 26.7 Å². The Labute approximate surface area is 175 Å². The van der Waals surface area contributed by atoms with Crippen LogP contribution in [0.25, 0.3) is 5.69 Å². The summed E-state index contributed by atoms with van der Waals surface area (Å²) in [5.74, 6) is 0.443. The SMILES string of the molecule is CC(C)OC(=O)N1CCC(Oc2ccn(-c3cccc(S(C)(=O)=O)c3)c(=O)c2)CC1. The number of carbonyl (C=O) groups excluding carboxylic acids is 1. The molecule has 1 aliphatic rings. The molecule has 3 rings (SSSR count). The van der Waals surface area contributed by atoms with Gasteiger partial charge in [-0.2, -0.15) is 0 Å². The summed E-state index contributed by atoms with van der Waals surface area (Å²) in [5.41, 5.74) is 0.141. The third kappa shape index (κ3) is 5.41. The van der Waals surface area contributed by atoms with Gasteiger partial charge in [0.2, 0.25) is 0 Å². The van der Waals surface area contributed by atoms with E-state index in [0.29, 0.717) is 37.4 Å². The predicted molar refractivity (Wildman–Crippen MR) is 112 cm³/mol. The van der Waals surface area contributed by atoms with Crippen LogP contribution in [-0.2, 0) is 14.6 Å². The maximum atomic E-state index is 12.6. The van der Waals surface area contributed by atoms with Gasteiger partial charge in [0.15, 0.2) is 9.84 Å².